The molecule has 0 spiro atoms. The van der Waals surface area contributed by atoms with Crippen LogP contribution in [0.5, 0.6) is 0 Å². The minimum absolute atomic E-state index is 0.0653. The molecule has 2 heterocycles. The van der Waals surface area contributed by atoms with E-state index < -0.39 is 0 Å². The molecule has 5 nitrogen and oxygen atoms in total. The Hall–Kier alpha value is -1.30. The summed E-state index contributed by atoms with van der Waals surface area (Å²) < 4.78 is 1.62. The van der Waals surface area contributed by atoms with Gasteiger partial charge in [0.05, 0.1) is 17.5 Å². The first-order valence-corrected chi connectivity index (χ1v) is 6.34. The molecule has 0 fully saturated rings. The zero-order chi connectivity index (χ0) is 12.5. The van der Waals surface area contributed by atoms with Gasteiger partial charge in [0, 0.05) is 19.7 Å². The van der Waals surface area contributed by atoms with E-state index in [-0.39, 0.29) is 11.4 Å². The van der Waals surface area contributed by atoms with Gasteiger partial charge in [-0.15, -0.1) is 0 Å². The molecule has 0 aromatic carbocycles. The summed E-state index contributed by atoms with van der Waals surface area (Å²) in [4.78, 5) is 17.0. The van der Waals surface area contributed by atoms with Crippen LogP contribution in [0.15, 0.2) is 17.5 Å². The van der Waals surface area contributed by atoms with Gasteiger partial charge in [-0.1, -0.05) is 16.9 Å². The Morgan fingerprint density at radius 1 is 1.65 bits per heavy atom. The Morgan fingerprint density at radius 2 is 2.41 bits per heavy atom. The largest absolute Gasteiger partial charge is 0.389 e. The maximum absolute atomic E-state index is 11.8. The molecular formula is C11H15N3O2S. The fourth-order valence-corrected chi connectivity index (χ4v) is 2.48. The van der Waals surface area contributed by atoms with Gasteiger partial charge in [-0.3, -0.25) is 9.48 Å². The van der Waals surface area contributed by atoms with Crippen molar-refractivity contribution in [1.29, 1.82) is 0 Å². The van der Waals surface area contributed by atoms with Crippen molar-refractivity contribution in [2.45, 2.75) is 25.9 Å². The van der Waals surface area contributed by atoms with Crippen LogP contribution in [0, 0.1) is 0 Å². The Balaban J connectivity index is 1.85. The van der Waals surface area contributed by atoms with Crippen LogP contribution < -0.4 is 0 Å². The van der Waals surface area contributed by atoms with E-state index in [0.717, 1.165) is 11.5 Å². The van der Waals surface area contributed by atoms with Crippen molar-refractivity contribution in [3.05, 3.63) is 18.0 Å². The Bertz CT molecular complexity index is 465. The van der Waals surface area contributed by atoms with Gasteiger partial charge in [-0.05, 0) is 13.8 Å². The zero-order valence-corrected chi connectivity index (χ0v) is 11.0. The van der Waals surface area contributed by atoms with Crippen molar-refractivity contribution in [3.8, 4) is 0 Å². The van der Waals surface area contributed by atoms with E-state index in [9.17, 15) is 4.79 Å². The first-order valence-electron chi connectivity index (χ1n) is 5.36. The molecule has 0 unspecified atom stereocenters. The highest BCUT2D eigenvalue weighted by Crippen LogP contribution is 2.27. The molecular weight excluding hydrogens is 238 g/mol. The number of oxime groups is 1. The fourth-order valence-electron chi connectivity index (χ4n) is 1.48. The number of Topliss-reactive ketones (excluding diaryl/α,β-unsaturated/α-hetero) is 1. The number of hydrogen-bond acceptors (Lipinski definition) is 5. The number of carbonyl (C=O) groups excluding carboxylic acids is 1. The van der Waals surface area contributed by atoms with E-state index in [1.54, 1.807) is 24.1 Å². The third-order valence-corrected chi connectivity index (χ3v) is 3.33. The van der Waals surface area contributed by atoms with Crippen molar-refractivity contribution in [1.82, 2.24) is 9.78 Å². The summed E-state index contributed by atoms with van der Waals surface area (Å²) in [5.74, 6) is 0.444. The summed E-state index contributed by atoms with van der Waals surface area (Å²) in [5, 5.41) is 8.82. The van der Waals surface area contributed by atoms with Crippen LogP contribution in [0.1, 0.15) is 30.6 Å². The number of aryl methyl sites for hydroxylation is 1. The summed E-state index contributed by atoms with van der Waals surface area (Å²) in [6.45, 7) is 3.96. The molecule has 2 rings (SSSR count). The normalized spacial score (nSPS) is 17.7. The Morgan fingerprint density at radius 3 is 2.94 bits per heavy atom. The Labute approximate surface area is 104 Å². The van der Waals surface area contributed by atoms with Crippen molar-refractivity contribution in [3.63, 3.8) is 0 Å². The Kier molecular flexibility index (Phi) is 3.24. The van der Waals surface area contributed by atoms with E-state index in [2.05, 4.69) is 10.3 Å². The SMILES string of the molecule is Cn1cc(C(=O)CSC2=NOC(C)(C)C2)cn1. The van der Waals surface area contributed by atoms with E-state index in [1.165, 1.54) is 11.8 Å². The van der Waals surface area contributed by atoms with Crippen LogP contribution in [0.4, 0.5) is 0 Å². The maximum atomic E-state index is 11.8. The van der Waals surface area contributed by atoms with Crippen LogP contribution in [0.2, 0.25) is 0 Å². The van der Waals surface area contributed by atoms with Crippen LogP contribution >= 0.6 is 11.8 Å². The third-order valence-electron chi connectivity index (χ3n) is 2.37. The molecule has 0 atom stereocenters. The minimum Gasteiger partial charge on any atom is -0.389 e. The average Bonchev–Trinajstić information content (AvgIpc) is 2.81. The molecule has 1 aliphatic rings. The van der Waals surface area contributed by atoms with Gasteiger partial charge in [-0.25, -0.2) is 0 Å². The number of carbonyl (C=O) groups is 1. The van der Waals surface area contributed by atoms with Gasteiger partial charge in [0.25, 0.3) is 0 Å². The van der Waals surface area contributed by atoms with E-state index >= 15 is 0 Å². The topological polar surface area (TPSA) is 56.5 Å². The molecule has 0 bridgehead atoms. The lowest BCUT2D eigenvalue weighted by atomic mass is 10.1. The third kappa shape index (κ3) is 3.09. The standard InChI is InChI=1S/C11H15N3O2S/c1-11(2)4-10(13-16-11)17-7-9(15)8-5-12-14(3)6-8/h5-6H,4,7H2,1-3H3. The van der Waals surface area contributed by atoms with E-state index in [0.29, 0.717) is 11.3 Å². The van der Waals surface area contributed by atoms with Crippen LogP contribution in [-0.4, -0.2) is 32.0 Å². The lowest BCUT2D eigenvalue weighted by Gasteiger charge is -2.12. The van der Waals surface area contributed by atoms with Gasteiger partial charge >= 0.3 is 0 Å². The molecule has 0 saturated carbocycles. The zero-order valence-electron chi connectivity index (χ0n) is 10.1. The van der Waals surface area contributed by atoms with Gasteiger partial charge in [0.2, 0.25) is 0 Å². The number of ketones is 1. The number of rotatable bonds is 3. The first-order chi connectivity index (χ1) is 7.96. The highest BCUT2D eigenvalue weighted by molar-refractivity contribution is 8.14. The number of nitrogens with zero attached hydrogens (tertiary/aromatic N) is 3. The van der Waals surface area contributed by atoms with Gasteiger partial charge < -0.3 is 4.84 Å². The van der Waals surface area contributed by atoms with Crippen molar-refractivity contribution in [2.24, 2.45) is 12.2 Å². The summed E-state index contributed by atoms with van der Waals surface area (Å²) in [7, 11) is 1.79. The maximum Gasteiger partial charge on any atom is 0.176 e. The van der Waals surface area contributed by atoms with Gasteiger partial charge in [-0.2, -0.15) is 5.10 Å². The molecule has 6 heteroatoms. The molecule has 1 aromatic heterocycles. The fraction of sp³-hybridized carbons (Fsp3) is 0.545. The molecule has 92 valence electrons. The number of hydrogen-bond donors (Lipinski definition) is 0. The van der Waals surface area contributed by atoms with E-state index in [1.807, 2.05) is 13.8 Å². The monoisotopic (exact) mass is 253 g/mol. The lowest BCUT2D eigenvalue weighted by molar-refractivity contribution is 0.0123. The summed E-state index contributed by atoms with van der Waals surface area (Å²) in [5.41, 5.74) is 0.401. The van der Waals surface area contributed by atoms with Crippen LogP contribution in [-0.2, 0) is 11.9 Å². The van der Waals surface area contributed by atoms with Gasteiger partial charge in [0.1, 0.15) is 10.6 Å². The highest BCUT2D eigenvalue weighted by Gasteiger charge is 2.29. The predicted octanol–water partition coefficient (Wildman–Crippen LogP) is 1.85. The summed E-state index contributed by atoms with van der Waals surface area (Å²) in [6, 6.07) is 0. The molecule has 0 radical (unpaired) electrons. The second-order valence-corrected chi connectivity index (χ2v) is 5.68. The lowest BCUT2D eigenvalue weighted by Crippen LogP contribution is -2.18. The molecule has 17 heavy (non-hydrogen) atoms. The molecule has 1 aliphatic heterocycles. The van der Waals surface area contributed by atoms with Crippen molar-refractivity contribution < 1.29 is 9.63 Å². The smallest absolute Gasteiger partial charge is 0.176 e. The van der Waals surface area contributed by atoms with Crippen molar-refractivity contribution in [2.75, 3.05) is 5.75 Å². The summed E-state index contributed by atoms with van der Waals surface area (Å²) in [6.07, 6.45) is 4.07. The molecule has 0 aliphatic carbocycles. The van der Waals surface area contributed by atoms with Crippen LogP contribution in [0.25, 0.3) is 0 Å². The molecule has 0 saturated heterocycles. The second-order valence-electron chi connectivity index (χ2n) is 4.63. The molecule has 0 amide bonds. The number of aromatic nitrogens is 2. The molecule has 1 aromatic rings. The molecule has 0 N–H and O–H groups in total. The minimum atomic E-state index is -0.236. The summed E-state index contributed by atoms with van der Waals surface area (Å²) >= 11 is 1.44. The average molecular weight is 253 g/mol. The highest BCUT2D eigenvalue weighted by atomic mass is 32.2. The van der Waals surface area contributed by atoms with E-state index in [4.69, 9.17) is 4.84 Å². The number of thioether (sulfide) groups is 1. The van der Waals surface area contributed by atoms with Gasteiger partial charge in [0.15, 0.2) is 5.78 Å². The first kappa shape index (κ1) is 12.2. The van der Waals surface area contributed by atoms with Crippen LogP contribution in [0.3, 0.4) is 0 Å². The van der Waals surface area contributed by atoms with Crippen molar-refractivity contribution >= 4 is 22.6 Å². The second kappa shape index (κ2) is 4.52. The quantitative estimate of drug-likeness (QED) is 0.771. The predicted molar refractivity (Wildman–Crippen MR) is 67.2 cm³/mol.